The van der Waals surface area contributed by atoms with Crippen LogP contribution in [0.5, 0.6) is 0 Å². The van der Waals surface area contributed by atoms with Crippen molar-refractivity contribution >= 4 is 87.7 Å². The van der Waals surface area contributed by atoms with Gasteiger partial charge in [0.1, 0.15) is 0 Å². The topological polar surface area (TPSA) is 12.9 Å². The minimum Gasteiger partial charge on any atom is -0.0544 e. The number of fused-ring (bicyclic) bond motifs is 8. The molecule has 0 spiro atoms. The van der Waals surface area contributed by atoms with E-state index in [1.807, 2.05) is 6.20 Å². The monoisotopic (exact) mass is 787 g/mol. The van der Waals surface area contributed by atoms with Crippen LogP contribution in [-0.2, 0) is 0 Å². The van der Waals surface area contributed by atoms with Gasteiger partial charge in [0.05, 0.1) is 0 Å². The summed E-state index contributed by atoms with van der Waals surface area (Å²) >= 11 is 0.207. The second-order valence-electron chi connectivity index (χ2n) is 15.0. The summed E-state index contributed by atoms with van der Waals surface area (Å²) < 4.78 is 2.81. The number of hydrogen-bond acceptors (Lipinski definition) is 1. The first-order valence-electron chi connectivity index (χ1n) is 19.5. The normalized spacial score (nSPS) is 11.9. The Bertz CT molecular complexity index is 3590. The van der Waals surface area contributed by atoms with Crippen molar-refractivity contribution in [3.8, 4) is 44.6 Å². The number of pyridine rings is 1. The first kappa shape index (κ1) is 32.4. The van der Waals surface area contributed by atoms with Crippen molar-refractivity contribution in [1.82, 2.24) is 4.98 Å². The Morgan fingerprint density at radius 3 is 1.51 bits per heavy atom. The Morgan fingerprint density at radius 2 is 0.825 bits per heavy atom. The fraction of sp³-hybridized carbons (Fsp3) is 0. The zero-order valence-corrected chi connectivity index (χ0v) is 32.6. The van der Waals surface area contributed by atoms with E-state index in [1.165, 1.54) is 112 Å². The van der Waals surface area contributed by atoms with Crippen molar-refractivity contribution < 1.29 is 0 Å². The summed E-state index contributed by atoms with van der Waals surface area (Å²) in [5, 5.41) is 15.2. The van der Waals surface area contributed by atoms with E-state index < -0.39 is 0 Å². The number of benzene rings is 10. The molecule has 0 amide bonds. The van der Waals surface area contributed by atoms with Crippen LogP contribution in [0.3, 0.4) is 0 Å². The van der Waals surface area contributed by atoms with E-state index >= 15 is 0 Å². The summed E-state index contributed by atoms with van der Waals surface area (Å²) in [5.41, 5.74) is 9.73. The van der Waals surface area contributed by atoms with Gasteiger partial charge in [-0.2, -0.15) is 0 Å². The average Bonchev–Trinajstić information content (AvgIpc) is 3.66. The van der Waals surface area contributed by atoms with Crippen LogP contribution in [0.15, 0.2) is 200 Å². The first-order valence-corrected chi connectivity index (χ1v) is 21.2. The standard InChI is InChI=1S/C55H33NSe/c1-3-13-36-31-39(23-21-34(36)11-1)52-45-18-7-8-19-46(45)53(40-24-22-35-12-2-4-14-37(35)32-40)50-33-38(25-26-47(50)52)41-27-28-48(43-16-6-5-15-42(41)43)54-55-49(29-30-56-54)44-17-9-10-20-51(44)57-55/h1-33H. The maximum atomic E-state index is 5.07. The molecule has 0 unspecified atom stereocenters. The molecule has 2 heteroatoms. The molecule has 0 saturated heterocycles. The number of hydrogen-bond donors (Lipinski definition) is 0. The molecule has 0 aliphatic rings. The Hall–Kier alpha value is -6.83. The molecule has 2 heterocycles. The maximum Gasteiger partial charge on any atom is -0.0184 e. The van der Waals surface area contributed by atoms with Crippen molar-refractivity contribution in [3.63, 3.8) is 0 Å². The van der Waals surface area contributed by atoms with E-state index in [0.717, 1.165) is 5.69 Å². The fourth-order valence-electron chi connectivity index (χ4n) is 9.26. The Morgan fingerprint density at radius 1 is 0.316 bits per heavy atom. The van der Waals surface area contributed by atoms with E-state index in [0.29, 0.717) is 0 Å². The van der Waals surface area contributed by atoms with Crippen LogP contribution < -0.4 is 0 Å². The van der Waals surface area contributed by atoms with Gasteiger partial charge in [-0.1, -0.05) is 84.9 Å². The van der Waals surface area contributed by atoms with Gasteiger partial charge >= 0.3 is 225 Å². The molecule has 0 saturated carbocycles. The molecule has 57 heavy (non-hydrogen) atoms. The van der Waals surface area contributed by atoms with Crippen molar-refractivity contribution in [2.75, 3.05) is 0 Å². The molecule has 0 aliphatic heterocycles. The Balaban J connectivity index is 1.13. The molecule has 2 aromatic heterocycles. The molecule has 0 radical (unpaired) electrons. The van der Waals surface area contributed by atoms with Crippen LogP contribution in [0.2, 0.25) is 0 Å². The molecular formula is C55H33NSe. The smallest absolute Gasteiger partial charge is 0.0184 e. The van der Waals surface area contributed by atoms with Gasteiger partial charge in [-0.15, -0.1) is 0 Å². The number of rotatable bonds is 4. The van der Waals surface area contributed by atoms with Gasteiger partial charge in [0.25, 0.3) is 0 Å². The van der Waals surface area contributed by atoms with Crippen LogP contribution in [0.25, 0.3) is 118 Å². The zero-order chi connectivity index (χ0) is 37.5. The van der Waals surface area contributed by atoms with Gasteiger partial charge in [0.15, 0.2) is 0 Å². The second kappa shape index (κ2) is 12.9. The summed E-state index contributed by atoms with van der Waals surface area (Å²) in [7, 11) is 0. The van der Waals surface area contributed by atoms with Crippen LogP contribution in [0, 0.1) is 0 Å². The van der Waals surface area contributed by atoms with Crippen molar-refractivity contribution in [1.29, 1.82) is 0 Å². The van der Waals surface area contributed by atoms with Gasteiger partial charge in [-0.3, -0.25) is 0 Å². The molecular weight excluding hydrogens is 754 g/mol. The van der Waals surface area contributed by atoms with E-state index in [-0.39, 0.29) is 14.5 Å². The van der Waals surface area contributed by atoms with Crippen LogP contribution in [0.4, 0.5) is 0 Å². The third-order valence-corrected chi connectivity index (χ3v) is 14.4. The molecule has 0 atom stereocenters. The molecule has 264 valence electrons. The molecule has 12 rings (SSSR count). The molecule has 10 aromatic carbocycles. The number of aromatic nitrogens is 1. The van der Waals surface area contributed by atoms with Gasteiger partial charge in [0.2, 0.25) is 0 Å². The van der Waals surface area contributed by atoms with Crippen molar-refractivity contribution in [2.24, 2.45) is 0 Å². The minimum absolute atomic E-state index is 0.207. The van der Waals surface area contributed by atoms with E-state index in [4.69, 9.17) is 4.98 Å². The summed E-state index contributed by atoms with van der Waals surface area (Å²) in [6.45, 7) is 0. The van der Waals surface area contributed by atoms with Gasteiger partial charge in [-0.25, -0.2) is 0 Å². The van der Waals surface area contributed by atoms with E-state index in [1.54, 1.807) is 0 Å². The average molecular weight is 787 g/mol. The third kappa shape index (κ3) is 5.12. The number of nitrogens with zero attached hydrogens (tertiary/aromatic N) is 1. The van der Waals surface area contributed by atoms with Gasteiger partial charge in [-0.05, 0) is 27.6 Å². The van der Waals surface area contributed by atoms with Crippen LogP contribution >= 0.6 is 0 Å². The zero-order valence-electron chi connectivity index (χ0n) is 30.9. The SMILES string of the molecule is c1ccc2cc(-c3c4ccccc4c(-c4ccc5ccccc5c4)c4cc(-c5ccc(-c6nccc7c6[se]c6ccccc67)c6ccccc56)ccc34)ccc2c1. The van der Waals surface area contributed by atoms with Crippen LogP contribution in [-0.4, -0.2) is 19.5 Å². The van der Waals surface area contributed by atoms with Crippen molar-refractivity contribution in [3.05, 3.63) is 200 Å². The summed E-state index contributed by atoms with van der Waals surface area (Å²) in [6, 6.07) is 72.0. The predicted molar refractivity (Wildman–Crippen MR) is 245 cm³/mol. The maximum absolute atomic E-state index is 5.07. The fourth-order valence-corrected chi connectivity index (χ4v) is 11.8. The van der Waals surface area contributed by atoms with Crippen LogP contribution in [0.1, 0.15) is 0 Å². The Kier molecular flexibility index (Phi) is 7.32. The summed E-state index contributed by atoms with van der Waals surface area (Å²) in [5.74, 6) is 0. The van der Waals surface area contributed by atoms with Gasteiger partial charge < -0.3 is 0 Å². The molecule has 12 aromatic rings. The van der Waals surface area contributed by atoms with E-state index in [2.05, 4.69) is 194 Å². The predicted octanol–water partition coefficient (Wildman–Crippen LogP) is 14.9. The first-order chi connectivity index (χ1) is 28.3. The molecule has 0 bridgehead atoms. The quantitative estimate of drug-likeness (QED) is 0.128. The largest absolute Gasteiger partial charge is 0.0544 e. The third-order valence-electron chi connectivity index (χ3n) is 11.9. The van der Waals surface area contributed by atoms with Gasteiger partial charge in [0, 0.05) is 0 Å². The summed E-state index contributed by atoms with van der Waals surface area (Å²) in [6.07, 6.45) is 1.99. The molecule has 1 nitrogen and oxygen atoms in total. The summed E-state index contributed by atoms with van der Waals surface area (Å²) in [4.78, 5) is 5.07. The van der Waals surface area contributed by atoms with Crippen molar-refractivity contribution in [2.45, 2.75) is 0 Å². The molecule has 0 fully saturated rings. The second-order valence-corrected chi connectivity index (χ2v) is 17.2. The minimum atomic E-state index is 0.207. The molecule has 0 N–H and O–H groups in total. The molecule has 0 aliphatic carbocycles. The van der Waals surface area contributed by atoms with E-state index in [9.17, 15) is 0 Å². The Labute approximate surface area is 335 Å².